The number of esters is 1. The molecule has 0 aliphatic carbocycles. The van der Waals surface area contributed by atoms with Crippen molar-refractivity contribution in [2.75, 3.05) is 40.3 Å². The number of hydrogen-bond acceptors (Lipinski definition) is 4. The van der Waals surface area contributed by atoms with E-state index in [1.54, 1.807) is 25.9 Å². The van der Waals surface area contributed by atoms with Crippen LogP contribution < -0.4 is 5.32 Å². The van der Waals surface area contributed by atoms with E-state index in [0.29, 0.717) is 12.6 Å². The number of ether oxygens (including phenoxy) is 1. The summed E-state index contributed by atoms with van der Waals surface area (Å²) in [7, 11) is 3.51. The molecule has 0 aromatic carbocycles. The van der Waals surface area contributed by atoms with Crippen LogP contribution in [0, 0.1) is 0 Å². The molecule has 0 spiro atoms. The van der Waals surface area contributed by atoms with Gasteiger partial charge in [0.05, 0.1) is 13.2 Å². The molecule has 1 aliphatic rings. The lowest BCUT2D eigenvalue weighted by Crippen LogP contribution is -2.48. The summed E-state index contributed by atoms with van der Waals surface area (Å²) in [6.45, 7) is 3.93. The van der Waals surface area contributed by atoms with Gasteiger partial charge >= 0.3 is 12.0 Å². The van der Waals surface area contributed by atoms with Crippen LogP contribution in [-0.4, -0.2) is 68.2 Å². The number of urea groups is 1. The molecule has 1 heterocycles. The van der Waals surface area contributed by atoms with E-state index in [4.69, 9.17) is 4.74 Å². The topological polar surface area (TPSA) is 61.9 Å². The molecule has 104 valence electrons. The Morgan fingerprint density at radius 3 is 2.44 bits per heavy atom. The lowest BCUT2D eigenvalue weighted by atomic mass is 10.1. The number of nitrogens with zero attached hydrogens (tertiary/aromatic N) is 2. The quantitative estimate of drug-likeness (QED) is 0.735. The van der Waals surface area contributed by atoms with Crippen molar-refractivity contribution in [2.24, 2.45) is 0 Å². The molecule has 1 rings (SSSR count). The Labute approximate surface area is 108 Å². The van der Waals surface area contributed by atoms with Crippen LogP contribution >= 0.6 is 0 Å². The molecular weight excluding hydrogens is 234 g/mol. The molecule has 0 bridgehead atoms. The summed E-state index contributed by atoms with van der Waals surface area (Å²) < 4.78 is 4.85. The minimum absolute atomic E-state index is 0.0545. The van der Waals surface area contributed by atoms with E-state index >= 15 is 0 Å². The maximum Gasteiger partial charge on any atom is 0.319 e. The third-order valence-electron chi connectivity index (χ3n) is 2.99. The van der Waals surface area contributed by atoms with Crippen LogP contribution in [0.25, 0.3) is 0 Å². The highest BCUT2D eigenvalue weighted by atomic mass is 16.5. The second-order valence-electron chi connectivity index (χ2n) is 4.62. The van der Waals surface area contributed by atoms with Crippen molar-refractivity contribution in [3.63, 3.8) is 0 Å². The van der Waals surface area contributed by atoms with Gasteiger partial charge in [0.25, 0.3) is 0 Å². The highest BCUT2D eigenvalue weighted by molar-refractivity contribution is 5.74. The Bertz CT molecular complexity index is 286. The molecule has 1 aliphatic heterocycles. The smallest absolute Gasteiger partial charge is 0.319 e. The zero-order valence-electron chi connectivity index (χ0n) is 11.4. The van der Waals surface area contributed by atoms with Gasteiger partial charge in [-0.15, -0.1) is 0 Å². The lowest BCUT2D eigenvalue weighted by molar-refractivity contribution is -0.142. The van der Waals surface area contributed by atoms with Gasteiger partial charge in [-0.3, -0.25) is 4.79 Å². The van der Waals surface area contributed by atoms with Gasteiger partial charge in [0, 0.05) is 33.2 Å². The van der Waals surface area contributed by atoms with Crippen molar-refractivity contribution in [1.82, 2.24) is 15.1 Å². The number of hydrogen-bond donors (Lipinski definition) is 1. The van der Waals surface area contributed by atoms with Gasteiger partial charge in [-0.1, -0.05) is 0 Å². The molecule has 0 unspecified atom stereocenters. The Morgan fingerprint density at radius 2 is 1.94 bits per heavy atom. The first-order valence-corrected chi connectivity index (χ1v) is 6.39. The van der Waals surface area contributed by atoms with Gasteiger partial charge in [-0.2, -0.15) is 0 Å². The van der Waals surface area contributed by atoms with Gasteiger partial charge in [0.2, 0.25) is 0 Å². The van der Waals surface area contributed by atoms with E-state index in [1.165, 1.54) is 0 Å². The summed E-state index contributed by atoms with van der Waals surface area (Å²) >= 11 is 0. The first-order chi connectivity index (χ1) is 8.54. The number of carbonyl (C=O) groups is 2. The van der Waals surface area contributed by atoms with Gasteiger partial charge < -0.3 is 19.9 Å². The molecule has 0 aromatic heterocycles. The van der Waals surface area contributed by atoms with E-state index in [2.05, 4.69) is 5.32 Å². The van der Waals surface area contributed by atoms with Crippen molar-refractivity contribution in [3.05, 3.63) is 0 Å². The van der Waals surface area contributed by atoms with Gasteiger partial charge in [-0.25, -0.2) is 4.79 Å². The number of rotatable bonds is 4. The van der Waals surface area contributed by atoms with Crippen molar-refractivity contribution < 1.29 is 14.3 Å². The first-order valence-electron chi connectivity index (χ1n) is 6.39. The predicted molar refractivity (Wildman–Crippen MR) is 68.3 cm³/mol. The summed E-state index contributed by atoms with van der Waals surface area (Å²) in [6.07, 6.45) is 1.75. The molecule has 1 fully saturated rings. The van der Waals surface area contributed by atoms with Crippen molar-refractivity contribution in [1.29, 1.82) is 0 Å². The van der Waals surface area contributed by atoms with Crippen LogP contribution in [0.15, 0.2) is 0 Å². The second-order valence-corrected chi connectivity index (χ2v) is 4.62. The van der Waals surface area contributed by atoms with E-state index < -0.39 is 0 Å². The number of carbonyl (C=O) groups excluding carboxylic acids is 2. The average molecular weight is 257 g/mol. The van der Waals surface area contributed by atoms with Crippen molar-refractivity contribution in [3.8, 4) is 0 Å². The number of piperidine rings is 1. The Kier molecular flexibility index (Phi) is 5.91. The number of amides is 2. The molecule has 0 atom stereocenters. The van der Waals surface area contributed by atoms with Crippen LogP contribution in [0.5, 0.6) is 0 Å². The molecule has 18 heavy (non-hydrogen) atoms. The largest absolute Gasteiger partial charge is 0.465 e. The second kappa shape index (κ2) is 7.20. The maximum atomic E-state index is 11.7. The molecule has 1 saturated heterocycles. The lowest BCUT2D eigenvalue weighted by Gasteiger charge is -2.33. The summed E-state index contributed by atoms with van der Waals surface area (Å²) in [5.41, 5.74) is 0. The van der Waals surface area contributed by atoms with Crippen LogP contribution in [0.4, 0.5) is 4.79 Å². The van der Waals surface area contributed by atoms with Gasteiger partial charge in [0.1, 0.15) is 0 Å². The van der Waals surface area contributed by atoms with Crippen molar-refractivity contribution >= 4 is 12.0 Å². The fourth-order valence-corrected chi connectivity index (χ4v) is 2.00. The minimum atomic E-state index is -0.218. The fraction of sp³-hybridized carbons (Fsp3) is 0.833. The van der Waals surface area contributed by atoms with Crippen LogP contribution in [0.3, 0.4) is 0 Å². The number of nitrogens with one attached hydrogen (secondary N) is 1. The van der Waals surface area contributed by atoms with E-state index in [-0.39, 0.29) is 18.5 Å². The highest BCUT2D eigenvalue weighted by Gasteiger charge is 2.23. The molecule has 0 radical (unpaired) electrons. The summed E-state index contributed by atoms with van der Waals surface area (Å²) in [5, 5.41) is 3.17. The molecule has 2 amide bonds. The molecule has 1 N–H and O–H groups in total. The predicted octanol–water partition coefficient (Wildman–Crippen LogP) is 0.285. The van der Waals surface area contributed by atoms with Gasteiger partial charge in [0.15, 0.2) is 0 Å². The monoisotopic (exact) mass is 257 g/mol. The first kappa shape index (κ1) is 14.8. The molecular formula is C12H23N3O3. The zero-order valence-corrected chi connectivity index (χ0v) is 11.4. The van der Waals surface area contributed by atoms with E-state index in [1.807, 2.05) is 4.90 Å². The number of likely N-dealkylation sites (tertiary alicyclic amines) is 1. The molecule has 6 heteroatoms. The third kappa shape index (κ3) is 4.52. The standard InChI is InChI=1S/C12H23N3O3/c1-4-18-11(16)9-13-10-5-7-15(8-6-10)12(17)14(2)3/h10,13H,4-9H2,1-3H3. The average Bonchev–Trinajstić information content (AvgIpc) is 2.36. The summed E-state index contributed by atoms with van der Waals surface area (Å²) in [6, 6.07) is 0.347. The zero-order chi connectivity index (χ0) is 13.5. The molecule has 0 saturated carbocycles. The SMILES string of the molecule is CCOC(=O)CNC1CCN(C(=O)N(C)C)CC1. The van der Waals surface area contributed by atoms with Crippen LogP contribution in [0.1, 0.15) is 19.8 Å². The van der Waals surface area contributed by atoms with E-state index in [9.17, 15) is 9.59 Å². The molecule has 6 nitrogen and oxygen atoms in total. The van der Waals surface area contributed by atoms with Crippen LogP contribution in [0.2, 0.25) is 0 Å². The minimum Gasteiger partial charge on any atom is -0.465 e. The summed E-state index contributed by atoms with van der Waals surface area (Å²) in [5.74, 6) is -0.218. The summed E-state index contributed by atoms with van der Waals surface area (Å²) in [4.78, 5) is 26.3. The van der Waals surface area contributed by atoms with Gasteiger partial charge in [-0.05, 0) is 19.8 Å². The van der Waals surface area contributed by atoms with Crippen molar-refractivity contribution in [2.45, 2.75) is 25.8 Å². The van der Waals surface area contributed by atoms with Crippen LogP contribution in [-0.2, 0) is 9.53 Å². The van der Waals surface area contributed by atoms with E-state index in [0.717, 1.165) is 25.9 Å². The highest BCUT2D eigenvalue weighted by Crippen LogP contribution is 2.11. The Morgan fingerprint density at radius 1 is 1.33 bits per heavy atom. The normalized spacial score (nSPS) is 16.5. The third-order valence-corrected chi connectivity index (χ3v) is 2.99. The Balaban J connectivity index is 2.23. The fourth-order valence-electron chi connectivity index (χ4n) is 2.00. The Hall–Kier alpha value is -1.30. The molecule has 0 aromatic rings. The maximum absolute atomic E-state index is 11.7.